The van der Waals surface area contributed by atoms with E-state index in [0.29, 0.717) is 23.7 Å². The van der Waals surface area contributed by atoms with E-state index in [4.69, 9.17) is 9.84 Å². The number of ketones is 1. The number of rotatable bonds is 9. The number of nitrogens with zero attached hydrogens (tertiary/aromatic N) is 1. The van der Waals surface area contributed by atoms with Gasteiger partial charge in [0.2, 0.25) is 5.91 Å². The maximum Gasteiger partial charge on any atom is 0.328 e. The van der Waals surface area contributed by atoms with Crippen molar-refractivity contribution in [2.75, 3.05) is 11.9 Å². The average Bonchev–Trinajstić information content (AvgIpc) is 3.43. The third kappa shape index (κ3) is 6.45. The second-order valence-corrected chi connectivity index (χ2v) is 9.18. The number of carboxylic acid groups (broad SMARTS) is 1. The van der Waals surface area contributed by atoms with Gasteiger partial charge in [-0.05, 0) is 58.7 Å². The van der Waals surface area contributed by atoms with E-state index in [9.17, 15) is 14.4 Å². The highest BCUT2D eigenvalue weighted by Crippen LogP contribution is 2.29. The fraction of sp³-hybridized carbons (Fsp3) is 0.125. The molecule has 4 aromatic rings. The molecule has 0 aliphatic carbocycles. The molecule has 0 atom stereocenters. The van der Waals surface area contributed by atoms with E-state index < -0.39 is 5.97 Å². The molecule has 0 saturated carbocycles. The Labute approximate surface area is 225 Å². The van der Waals surface area contributed by atoms with Crippen LogP contribution in [-0.4, -0.2) is 34.4 Å². The summed E-state index contributed by atoms with van der Waals surface area (Å²) < 4.78 is 5.50. The SMILES string of the molecule is O=C(O)C=Cc1ccc(-c2cc(NC(=O)CCC(=O)c3ccc4c(c3)CCO4)nc(-c3ccccc3)c2)cc1. The summed E-state index contributed by atoms with van der Waals surface area (Å²) >= 11 is 0. The number of hydrogen-bond donors (Lipinski definition) is 2. The largest absolute Gasteiger partial charge is 0.493 e. The molecule has 0 saturated heterocycles. The Morgan fingerprint density at radius 2 is 1.67 bits per heavy atom. The van der Waals surface area contributed by atoms with Crippen LogP contribution in [0.4, 0.5) is 5.82 Å². The summed E-state index contributed by atoms with van der Waals surface area (Å²) in [6.45, 7) is 0.623. The van der Waals surface area contributed by atoms with Gasteiger partial charge in [-0.25, -0.2) is 9.78 Å². The zero-order chi connectivity index (χ0) is 27.2. The predicted molar refractivity (Wildman–Crippen MR) is 150 cm³/mol. The summed E-state index contributed by atoms with van der Waals surface area (Å²) in [6, 6.07) is 26.2. The zero-order valence-electron chi connectivity index (χ0n) is 21.1. The van der Waals surface area contributed by atoms with Gasteiger partial charge in [0.15, 0.2) is 5.78 Å². The fourth-order valence-corrected chi connectivity index (χ4v) is 4.41. The van der Waals surface area contributed by atoms with Crippen LogP contribution >= 0.6 is 0 Å². The summed E-state index contributed by atoms with van der Waals surface area (Å²) in [7, 11) is 0. The Hall–Kier alpha value is -5.04. The third-order valence-electron chi connectivity index (χ3n) is 6.42. The first-order valence-corrected chi connectivity index (χ1v) is 12.6. The molecule has 1 amide bonds. The third-order valence-corrected chi connectivity index (χ3v) is 6.42. The van der Waals surface area contributed by atoms with E-state index in [1.54, 1.807) is 12.1 Å². The second kappa shape index (κ2) is 11.6. The lowest BCUT2D eigenvalue weighted by Crippen LogP contribution is -2.14. The van der Waals surface area contributed by atoms with Gasteiger partial charge in [0, 0.05) is 36.5 Å². The van der Waals surface area contributed by atoms with E-state index >= 15 is 0 Å². The molecule has 1 aromatic heterocycles. The summed E-state index contributed by atoms with van der Waals surface area (Å²) in [5, 5.41) is 11.7. The number of nitrogens with one attached hydrogen (secondary N) is 1. The maximum atomic E-state index is 12.8. The van der Waals surface area contributed by atoms with Gasteiger partial charge in [0.25, 0.3) is 0 Å². The number of fused-ring (bicyclic) bond motifs is 1. The number of carbonyl (C=O) groups excluding carboxylic acids is 2. The minimum absolute atomic E-state index is 0.0314. The van der Waals surface area contributed by atoms with E-state index in [0.717, 1.165) is 46.1 Å². The molecule has 194 valence electrons. The van der Waals surface area contributed by atoms with Crippen molar-refractivity contribution in [3.05, 3.63) is 108 Å². The second-order valence-electron chi connectivity index (χ2n) is 9.18. The maximum absolute atomic E-state index is 12.8. The van der Waals surface area contributed by atoms with Crippen molar-refractivity contribution in [1.29, 1.82) is 0 Å². The highest BCUT2D eigenvalue weighted by atomic mass is 16.5. The molecule has 1 aliphatic rings. The summed E-state index contributed by atoms with van der Waals surface area (Å²) in [4.78, 5) is 41.0. The first-order chi connectivity index (χ1) is 18.9. The first kappa shape index (κ1) is 25.6. The lowest BCUT2D eigenvalue weighted by Gasteiger charge is -2.11. The Kier molecular flexibility index (Phi) is 7.59. The predicted octanol–water partition coefficient (Wildman–Crippen LogP) is 6.05. The van der Waals surface area contributed by atoms with Crippen molar-refractivity contribution >= 4 is 29.6 Å². The Bertz CT molecular complexity index is 1560. The highest BCUT2D eigenvalue weighted by Gasteiger charge is 2.16. The molecule has 0 unspecified atom stereocenters. The Morgan fingerprint density at radius 3 is 2.44 bits per heavy atom. The molecule has 0 bridgehead atoms. The Balaban J connectivity index is 1.33. The van der Waals surface area contributed by atoms with Crippen LogP contribution in [0.1, 0.15) is 34.3 Å². The van der Waals surface area contributed by atoms with Gasteiger partial charge < -0.3 is 15.2 Å². The molecule has 2 N–H and O–H groups in total. The number of aliphatic carboxylic acids is 1. The lowest BCUT2D eigenvalue weighted by molar-refractivity contribution is -0.131. The van der Waals surface area contributed by atoms with Gasteiger partial charge in [-0.3, -0.25) is 9.59 Å². The van der Waals surface area contributed by atoms with Crippen LogP contribution in [0.5, 0.6) is 5.75 Å². The van der Waals surface area contributed by atoms with E-state index in [1.165, 1.54) is 6.08 Å². The van der Waals surface area contributed by atoms with Crippen LogP contribution in [0.3, 0.4) is 0 Å². The van der Waals surface area contributed by atoms with Crippen LogP contribution in [0.2, 0.25) is 0 Å². The van der Waals surface area contributed by atoms with E-state index in [2.05, 4.69) is 10.3 Å². The molecule has 0 radical (unpaired) electrons. The molecule has 0 fully saturated rings. The molecular formula is C32H26N2O5. The smallest absolute Gasteiger partial charge is 0.328 e. The first-order valence-electron chi connectivity index (χ1n) is 12.6. The number of carbonyl (C=O) groups is 3. The quantitative estimate of drug-likeness (QED) is 0.206. The van der Waals surface area contributed by atoms with Gasteiger partial charge >= 0.3 is 5.97 Å². The molecule has 0 spiro atoms. The van der Waals surface area contributed by atoms with Crippen molar-refractivity contribution in [3.63, 3.8) is 0 Å². The van der Waals surface area contributed by atoms with Crippen LogP contribution in [0.25, 0.3) is 28.5 Å². The van der Waals surface area contributed by atoms with Gasteiger partial charge in [-0.1, -0.05) is 54.6 Å². The van der Waals surface area contributed by atoms with Gasteiger partial charge in [0.05, 0.1) is 12.3 Å². The number of anilines is 1. The van der Waals surface area contributed by atoms with Gasteiger partial charge in [-0.15, -0.1) is 0 Å². The normalized spacial score (nSPS) is 12.1. The molecule has 5 rings (SSSR count). The standard InChI is InChI=1S/C32H26N2O5/c35-28(24-11-13-29-25(18-24)16-17-39-29)12-14-31(36)34-30-20-26(19-27(33-30)23-4-2-1-3-5-23)22-9-6-21(7-10-22)8-15-32(37)38/h1-11,13,15,18-20H,12,14,16-17H2,(H,37,38)(H,33,34,36). The average molecular weight is 519 g/mol. The number of aromatic nitrogens is 1. The van der Waals surface area contributed by atoms with Crippen molar-refractivity contribution in [2.45, 2.75) is 19.3 Å². The van der Waals surface area contributed by atoms with Crippen LogP contribution < -0.4 is 10.1 Å². The number of pyridine rings is 1. The summed E-state index contributed by atoms with van der Waals surface area (Å²) in [5.41, 5.74) is 5.66. The number of ether oxygens (including phenoxy) is 1. The van der Waals surface area contributed by atoms with Crippen molar-refractivity contribution < 1.29 is 24.2 Å². The number of carboxylic acids is 1. The number of Topliss-reactive ketones (excluding diaryl/α,β-unsaturated/α-hetero) is 1. The minimum atomic E-state index is -1.01. The summed E-state index contributed by atoms with van der Waals surface area (Å²) in [6.07, 6.45) is 3.51. The fourth-order valence-electron chi connectivity index (χ4n) is 4.41. The highest BCUT2D eigenvalue weighted by molar-refractivity contribution is 6.00. The Morgan fingerprint density at radius 1 is 0.872 bits per heavy atom. The number of hydrogen-bond acceptors (Lipinski definition) is 5. The zero-order valence-corrected chi connectivity index (χ0v) is 21.1. The van der Waals surface area contributed by atoms with Crippen LogP contribution in [0.15, 0.2) is 91.0 Å². The van der Waals surface area contributed by atoms with Crippen molar-refractivity contribution in [3.8, 4) is 28.1 Å². The van der Waals surface area contributed by atoms with Gasteiger partial charge in [-0.2, -0.15) is 0 Å². The van der Waals surface area contributed by atoms with Crippen molar-refractivity contribution in [2.24, 2.45) is 0 Å². The van der Waals surface area contributed by atoms with Gasteiger partial charge in [0.1, 0.15) is 11.6 Å². The molecule has 7 nitrogen and oxygen atoms in total. The molecule has 39 heavy (non-hydrogen) atoms. The van der Waals surface area contributed by atoms with Crippen molar-refractivity contribution in [1.82, 2.24) is 4.98 Å². The number of amides is 1. The van der Waals surface area contributed by atoms with Crippen LogP contribution in [0, 0.1) is 0 Å². The van der Waals surface area contributed by atoms with E-state index in [-0.39, 0.29) is 24.5 Å². The number of benzene rings is 3. The molecule has 3 aromatic carbocycles. The molecule has 2 heterocycles. The lowest BCUT2D eigenvalue weighted by atomic mass is 10.0. The topological polar surface area (TPSA) is 106 Å². The molecular weight excluding hydrogens is 492 g/mol. The summed E-state index contributed by atoms with van der Waals surface area (Å²) in [5.74, 6) is -0.205. The van der Waals surface area contributed by atoms with Crippen LogP contribution in [-0.2, 0) is 16.0 Å². The molecule has 1 aliphatic heterocycles. The van der Waals surface area contributed by atoms with E-state index in [1.807, 2.05) is 72.8 Å². The monoisotopic (exact) mass is 518 g/mol. The minimum Gasteiger partial charge on any atom is -0.493 e. The molecule has 7 heteroatoms.